The number of carbonyl (C=O) groups is 1. The molecule has 0 saturated carbocycles. The van der Waals surface area contributed by atoms with E-state index in [1.54, 1.807) is 18.2 Å². The molecule has 1 amide bonds. The highest BCUT2D eigenvalue weighted by molar-refractivity contribution is 8.02. The van der Waals surface area contributed by atoms with Crippen molar-refractivity contribution >= 4 is 39.8 Å². The lowest BCUT2D eigenvalue weighted by Gasteiger charge is -2.09. The van der Waals surface area contributed by atoms with E-state index in [1.165, 1.54) is 29.2 Å². The van der Waals surface area contributed by atoms with Crippen LogP contribution in [-0.2, 0) is 4.79 Å². The fourth-order valence-corrected chi connectivity index (χ4v) is 4.20. The van der Waals surface area contributed by atoms with Gasteiger partial charge in [0, 0.05) is 6.54 Å². The van der Waals surface area contributed by atoms with Gasteiger partial charge in [-0.05, 0) is 25.0 Å². The number of aromatic nitrogens is 2. The molecular formula is C14H15FN4OS2. The lowest BCUT2D eigenvalue weighted by molar-refractivity contribution is -0.120. The quantitative estimate of drug-likeness (QED) is 0.896. The van der Waals surface area contributed by atoms with Crippen LogP contribution in [0, 0.1) is 5.82 Å². The third-order valence-electron chi connectivity index (χ3n) is 3.25. The third kappa shape index (κ3) is 3.75. The van der Waals surface area contributed by atoms with Gasteiger partial charge in [0.15, 0.2) is 4.34 Å². The Bertz CT molecular complexity index is 664. The minimum absolute atomic E-state index is 0.0568. The number of carbonyl (C=O) groups excluding carboxylic acids is 1. The number of hydrogen-bond donors (Lipinski definition) is 2. The van der Waals surface area contributed by atoms with Crippen LogP contribution in [0.25, 0.3) is 0 Å². The molecule has 0 spiro atoms. The Hall–Kier alpha value is -1.67. The van der Waals surface area contributed by atoms with Crippen molar-refractivity contribution in [1.82, 2.24) is 15.5 Å². The summed E-state index contributed by atoms with van der Waals surface area (Å²) >= 11 is 2.74. The van der Waals surface area contributed by atoms with Gasteiger partial charge in [0.25, 0.3) is 0 Å². The number of rotatable bonds is 4. The van der Waals surface area contributed by atoms with Crippen LogP contribution in [0.4, 0.5) is 15.2 Å². The molecule has 2 N–H and O–H groups in total. The van der Waals surface area contributed by atoms with Crippen LogP contribution in [-0.4, -0.2) is 27.9 Å². The van der Waals surface area contributed by atoms with Crippen LogP contribution in [0.15, 0.2) is 28.6 Å². The Morgan fingerprint density at radius 2 is 2.18 bits per heavy atom. The second-order valence-electron chi connectivity index (χ2n) is 4.87. The second-order valence-corrected chi connectivity index (χ2v) is 7.30. The van der Waals surface area contributed by atoms with Crippen LogP contribution >= 0.6 is 23.1 Å². The van der Waals surface area contributed by atoms with E-state index in [9.17, 15) is 9.18 Å². The first-order valence-electron chi connectivity index (χ1n) is 7.02. The van der Waals surface area contributed by atoms with Crippen LogP contribution in [0.3, 0.4) is 0 Å². The van der Waals surface area contributed by atoms with Crippen LogP contribution < -0.4 is 10.6 Å². The number of thioether (sulfide) groups is 1. The Morgan fingerprint density at radius 3 is 3.05 bits per heavy atom. The molecule has 0 bridgehead atoms. The molecule has 1 aromatic carbocycles. The first-order chi connectivity index (χ1) is 10.7. The van der Waals surface area contributed by atoms with Gasteiger partial charge in [-0.2, -0.15) is 0 Å². The number of amides is 1. The first kappa shape index (κ1) is 15.2. The summed E-state index contributed by atoms with van der Waals surface area (Å²) < 4.78 is 14.3. The van der Waals surface area contributed by atoms with Crippen LogP contribution in [0.1, 0.15) is 19.3 Å². The van der Waals surface area contributed by atoms with E-state index in [0.29, 0.717) is 15.2 Å². The van der Waals surface area contributed by atoms with Crippen molar-refractivity contribution in [3.63, 3.8) is 0 Å². The largest absolute Gasteiger partial charge is 0.355 e. The number of nitrogens with zero attached hydrogens (tertiary/aromatic N) is 2. The number of nitrogens with one attached hydrogen (secondary N) is 2. The molecule has 1 fully saturated rings. The van der Waals surface area contributed by atoms with Crippen molar-refractivity contribution < 1.29 is 9.18 Å². The predicted octanol–water partition coefficient (Wildman–Crippen LogP) is 3.18. The van der Waals surface area contributed by atoms with Gasteiger partial charge in [-0.15, -0.1) is 10.2 Å². The zero-order valence-corrected chi connectivity index (χ0v) is 13.3. The summed E-state index contributed by atoms with van der Waals surface area (Å²) in [6.07, 6.45) is 2.88. The van der Waals surface area contributed by atoms with Crippen molar-refractivity contribution in [3.05, 3.63) is 30.1 Å². The fourth-order valence-electron chi connectivity index (χ4n) is 2.13. The number of hydrogen-bond acceptors (Lipinski definition) is 6. The molecule has 8 heteroatoms. The summed E-state index contributed by atoms with van der Waals surface area (Å²) in [6.45, 7) is 0.742. The monoisotopic (exact) mass is 338 g/mol. The van der Waals surface area contributed by atoms with Crippen LogP contribution in [0.5, 0.6) is 0 Å². The van der Waals surface area contributed by atoms with E-state index < -0.39 is 0 Å². The average Bonchev–Trinajstić information content (AvgIpc) is 2.85. The molecule has 5 nitrogen and oxygen atoms in total. The molecule has 1 aliphatic rings. The van der Waals surface area contributed by atoms with Crippen molar-refractivity contribution in [2.24, 2.45) is 0 Å². The lowest BCUT2D eigenvalue weighted by Crippen LogP contribution is -2.30. The summed E-state index contributed by atoms with van der Waals surface area (Å²) in [4.78, 5) is 11.9. The number of para-hydroxylation sites is 1. The number of anilines is 2. The highest BCUT2D eigenvalue weighted by Crippen LogP contribution is 2.33. The maximum Gasteiger partial charge on any atom is 0.233 e. The molecule has 1 aromatic heterocycles. The maximum absolute atomic E-state index is 13.6. The predicted molar refractivity (Wildman–Crippen MR) is 86.1 cm³/mol. The molecule has 1 saturated heterocycles. The number of halogens is 1. The molecule has 2 heterocycles. The van der Waals surface area contributed by atoms with Crippen molar-refractivity contribution in [2.45, 2.75) is 28.9 Å². The second kappa shape index (κ2) is 7.06. The summed E-state index contributed by atoms with van der Waals surface area (Å²) in [5, 5.41) is 14.3. The molecule has 1 aliphatic heterocycles. The Labute approximate surface area is 135 Å². The molecular weight excluding hydrogens is 323 g/mol. The molecule has 0 unspecified atom stereocenters. The SMILES string of the molecule is O=C1NCCCC[C@H]1Sc1nnc(Nc2ccccc2F)s1. The Kier molecular flexibility index (Phi) is 4.89. The molecule has 22 heavy (non-hydrogen) atoms. The van der Waals surface area contributed by atoms with Gasteiger partial charge < -0.3 is 10.6 Å². The van der Waals surface area contributed by atoms with Gasteiger partial charge in [0.2, 0.25) is 11.0 Å². The standard InChI is InChI=1S/C14H15FN4OS2/c15-9-5-1-2-6-10(9)17-13-18-19-14(22-13)21-11-7-3-4-8-16-12(11)20/h1-2,5-6,11H,3-4,7-8H2,(H,16,20)(H,17,18)/t11-/m1/s1. The maximum atomic E-state index is 13.6. The normalized spacial score (nSPS) is 18.6. The van der Waals surface area contributed by atoms with E-state index in [1.807, 2.05) is 0 Å². The van der Waals surface area contributed by atoms with E-state index >= 15 is 0 Å². The zero-order valence-electron chi connectivity index (χ0n) is 11.7. The van der Waals surface area contributed by atoms with E-state index in [0.717, 1.165) is 25.8 Å². The van der Waals surface area contributed by atoms with Gasteiger partial charge in [-0.3, -0.25) is 4.79 Å². The van der Waals surface area contributed by atoms with Crippen molar-refractivity contribution in [3.8, 4) is 0 Å². The minimum atomic E-state index is -0.338. The van der Waals surface area contributed by atoms with E-state index in [-0.39, 0.29) is 17.0 Å². The number of benzene rings is 1. The topological polar surface area (TPSA) is 66.9 Å². The van der Waals surface area contributed by atoms with Gasteiger partial charge >= 0.3 is 0 Å². The third-order valence-corrected chi connectivity index (χ3v) is 5.44. The summed E-state index contributed by atoms with van der Waals surface area (Å²) in [7, 11) is 0. The van der Waals surface area contributed by atoms with Gasteiger partial charge in [-0.1, -0.05) is 41.7 Å². The van der Waals surface area contributed by atoms with Crippen molar-refractivity contribution in [2.75, 3.05) is 11.9 Å². The molecule has 0 radical (unpaired) electrons. The molecule has 1 atom stereocenters. The van der Waals surface area contributed by atoms with Gasteiger partial charge in [-0.25, -0.2) is 4.39 Å². The van der Waals surface area contributed by atoms with E-state index in [2.05, 4.69) is 20.8 Å². The highest BCUT2D eigenvalue weighted by Gasteiger charge is 2.23. The smallest absolute Gasteiger partial charge is 0.233 e. The van der Waals surface area contributed by atoms with Crippen LogP contribution in [0.2, 0.25) is 0 Å². The van der Waals surface area contributed by atoms with Gasteiger partial charge in [0.05, 0.1) is 10.9 Å². The summed E-state index contributed by atoms with van der Waals surface area (Å²) in [5.74, 6) is -0.281. The molecule has 116 valence electrons. The molecule has 0 aliphatic carbocycles. The fraction of sp³-hybridized carbons (Fsp3) is 0.357. The minimum Gasteiger partial charge on any atom is -0.355 e. The molecule has 2 aromatic rings. The Balaban J connectivity index is 1.66. The van der Waals surface area contributed by atoms with Crippen molar-refractivity contribution in [1.29, 1.82) is 0 Å². The zero-order chi connectivity index (χ0) is 15.4. The summed E-state index contributed by atoms with van der Waals surface area (Å²) in [5.41, 5.74) is 0.363. The highest BCUT2D eigenvalue weighted by atomic mass is 32.2. The first-order valence-corrected chi connectivity index (χ1v) is 8.71. The lowest BCUT2D eigenvalue weighted by atomic mass is 10.2. The summed E-state index contributed by atoms with van der Waals surface area (Å²) in [6, 6.07) is 6.40. The Morgan fingerprint density at radius 1 is 1.32 bits per heavy atom. The molecule has 3 rings (SSSR count). The average molecular weight is 338 g/mol. The van der Waals surface area contributed by atoms with Gasteiger partial charge in [0.1, 0.15) is 5.82 Å². The van der Waals surface area contributed by atoms with E-state index in [4.69, 9.17) is 0 Å².